The van der Waals surface area contributed by atoms with Gasteiger partial charge in [-0.05, 0) is 43.0 Å². The second kappa shape index (κ2) is 8.97. The number of hydrogen-bond acceptors (Lipinski definition) is 4. The highest BCUT2D eigenvalue weighted by atomic mass is 79.9. The Bertz CT molecular complexity index is 554. The van der Waals surface area contributed by atoms with Crippen molar-refractivity contribution in [2.24, 2.45) is 5.92 Å². The molecule has 0 radical (unpaired) electrons. The molecule has 0 aromatic heterocycles. The SMILES string of the molecule is CC(=O)C1(Nc2ccc(Br)c(COCCC(C)C)c2)CCOCC1. The average molecular weight is 398 g/mol. The summed E-state index contributed by atoms with van der Waals surface area (Å²) in [5.41, 5.74) is 1.54. The molecule has 1 fully saturated rings. The first-order valence-corrected chi connectivity index (χ1v) is 9.45. The number of ketones is 1. The van der Waals surface area contributed by atoms with Gasteiger partial charge in [-0.3, -0.25) is 4.79 Å². The number of ether oxygens (including phenoxy) is 2. The van der Waals surface area contributed by atoms with E-state index in [9.17, 15) is 4.79 Å². The molecule has 0 atom stereocenters. The first kappa shape index (κ1) is 19.4. The third kappa shape index (κ3) is 5.30. The number of benzene rings is 1. The van der Waals surface area contributed by atoms with Crippen molar-refractivity contribution in [3.05, 3.63) is 28.2 Å². The quantitative estimate of drug-likeness (QED) is 0.652. The van der Waals surface area contributed by atoms with E-state index in [1.807, 2.05) is 12.1 Å². The van der Waals surface area contributed by atoms with Crippen LogP contribution in [0.2, 0.25) is 0 Å². The van der Waals surface area contributed by atoms with Crippen LogP contribution in [0.4, 0.5) is 5.69 Å². The summed E-state index contributed by atoms with van der Waals surface area (Å²) in [5, 5.41) is 3.46. The van der Waals surface area contributed by atoms with Crippen LogP contribution in [0.5, 0.6) is 0 Å². The zero-order valence-corrected chi connectivity index (χ0v) is 16.4. The number of anilines is 1. The summed E-state index contributed by atoms with van der Waals surface area (Å²) >= 11 is 3.58. The molecule has 1 N–H and O–H groups in total. The van der Waals surface area contributed by atoms with Crippen molar-refractivity contribution in [2.45, 2.75) is 52.2 Å². The number of nitrogens with one attached hydrogen (secondary N) is 1. The van der Waals surface area contributed by atoms with Gasteiger partial charge >= 0.3 is 0 Å². The van der Waals surface area contributed by atoms with E-state index in [1.54, 1.807) is 6.92 Å². The van der Waals surface area contributed by atoms with E-state index in [0.29, 0.717) is 38.6 Å². The van der Waals surface area contributed by atoms with Gasteiger partial charge in [0.2, 0.25) is 0 Å². The van der Waals surface area contributed by atoms with Crippen molar-refractivity contribution >= 4 is 27.4 Å². The Morgan fingerprint density at radius 2 is 2.08 bits per heavy atom. The van der Waals surface area contributed by atoms with Crippen LogP contribution >= 0.6 is 15.9 Å². The van der Waals surface area contributed by atoms with Crippen LogP contribution in [0, 0.1) is 5.92 Å². The normalized spacial score (nSPS) is 17.0. The number of carbonyl (C=O) groups is 1. The third-order valence-electron chi connectivity index (χ3n) is 4.55. The molecule has 1 heterocycles. The van der Waals surface area contributed by atoms with Crippen molar-refractivity contribution in [3.63, 3.8) is 0 Å². The molecule has 1 aliphatic heterocycles. The van der Waals surface area contributed by atoms with E-state index >= 15 is 0 Å². The lowest BCUT2D eigenvalue weighted by atomic mass is 9.86. The topological polar surface area (TPSA) is 47.6 Å². The lowest BCUT2D eigenvalue weighted by molar-refractivity contribution is -0.124. The highest BCUT2D eigenvalue weighted by molar-refractivity contribution is 9.10. The third-order valence-corrected chi connectivity index (χ3v) is 5.32. The van der Waals surface area contributed by atoms with Crippen LogP contribution in [0.15, 0.2) is 22.7 Å². The van der Waals surface area contributed by atoms with E-state index in [4.69, 9.17) is 9.47 Å². The Balaban J connectivity index is 2.05. The molecule has 4 nitrogen and oxygen atoms in total. The van der Waals surface area contributed by atoms with Gasteiger partial charge in [-0.1, -0.05) is 29.8 Å². The van der Waals surface area contributed by atoms with Gasteiger partial charge in [-0.2, -0.15) is 0 Å². The van der Waals surface area contributed by atoms with Crippen molar-refractivity contribution in [2.75, 3.05) is 25.1 Å². The minimum absolute atomic E-state index is 0.170. The summed E-state index contributed by atoms with van der Waals surface area (Å²) in [6, 6.07) is 6.08. The molecule has 2 rings (SSSR count). The van der Waals surface area contributed by atoms with E-state index in [-0.39, 0.29) is 5.78 Å². The molecule has 0 amide bonds. The summed E-state index contributed by atoms with van der Waals surface area (Å²) in [7, 11) is 0. The summed E-state index contributed by atoms with van der Waals surface area (Å²) in [6.07, 6.45) is 2.47. The molecule has 24 heavy (non-hydrogen) atoms. The van der Waals surface area contributed by atoms with Crippen molar-refractivity contribution in [3.8, 4) is 0 Å². The molecule has 1 aromatic rings. The lowest BCUT2D eigenvalue weighted by Gasteiger charge is -2.36. The van der Waals surface area contributed by atoms with E-state index in [0.717, 1.165) is 28.8 Å². The summed E-state index contributed by atoms with van der Waals surface area (Å²) in [6.45, 7) is 8.61. The van der Waals surface area contributed by atoms with Crippen molar-refractivity contribution < 1.29 is 14.3 Å². The molecule has 1 saturated heterocycles. The Labute approximate surface area is 153 Å². The second-order valence-corrected chi connectivity index (χ2v) is 7.77. The molecule has 0 saturated carbocycles. The fourth-order valence-electron chi connectivity index (χ4n) is 2.83. The van der Waals surface area contributed by atoms with Gasteiger partial charge < -0.3 is 14.8 Å². The first-order chi connectivity index (χ1) is 11.4. The molecular weight excluding hydrogens is 370 g/mol. The van der Waals surface area contributed by atoms with Crippen LogP contribution in [0.1, 0.15) is 45.6 Å². The minimum atomic E-state index is -0.512. The summed E-state index contributed by atoms with van der Waals surface area (Å²) in [4.78, 5) is 12.2. The fourth-order valence-corrected chi connectivity index (χ4v) is 3.19. The Kier molecular flexibility index (Phi) is 7.26. The molecule has 0 spiro atoms. The number of rotatable bonds is 8. The predicted molar refractivity (Wildman–Crippen MR) is 100 cm³/mol. The minimum Gasteiger partial charge on any atom is -0.381 e. The smallest absolute Gasteiger partial charge is 0.155 e. The maximum Gasteiger partial charge on any atom is 0.155 e. The van der Waals surface area contributed by atoms with Crippen LogP contribution < -0.4 is 5.32 Å². The molecular formula is C19H28BrNO3. The molecule has 5 heteroatoms. The summed E-state index contributed by atoms with van der Waals surface area (Å²) < 4.78 is 12.2. The molecule has 0 bridgehead atoms. The lowest BCUT2D eigenvalue weighted by Crippen LogP contribution is -2.49. The Hall–Kier alpha value is -0.910. The van der Waals surface area contributed by atoms with Crippen LogP contribution in [0.3, 0.4) is 0 Å². The highest BCUT2D eigenvalue weighted by Crippen LogP contribution is 2.29. The molecule has 134 valence electrons. The Morgan fingerprint density at radius 1 is 1.38 bits per heavy atom. The van der Waals surface area contributed by atoms with Gasteiger partial charge in [0.1, 0.15) is 5.54 Å². The maximum absolute atomic E-state index is 12.2. The van der Waals surface area contributed by atoms with E-state index < -0.39 is 5.54 Å². The number of Topliss-reactive ketones (excluding diaryl/α,β-unsaturated/α-hetero) is 1. The van der Waals surface area contributed by atoms with Crippen LogP contribution in [-0.2, 0) is 20.9 Å². The van der Waals surface area contributed by atoms with Gasteiger partial charge in [0.25, 0.3) is 0 Å². The van der Waals surface area contributed by atoms with Gasteiger partial charge in [0.05, 0.1) is 6.61 Å². The number of hydrogen-bond donors (Lipinski definition) is 1. The average Bonchev–Trinajstić information content (AvgIpc) is 2.55. The number of halogens is 1. The van der Waals surface area contributed by atoms with Gasteiger partial charge in [-0.15, -0.1) is 0 Å². The zero-order valence-electron chi connectivity index (χ0n) is 14.9. The van der Waals surface area contributed by atoms with Gasteiger partial charge in [-0.25, -0.2) is 0 Å². The van der Waals surface area contributed by atoms with E-state index in [1.165, 1.54) is 0 Å². The van der Waals surface area contributed by atoms with Crippen LogP contribution in [-0.4, -0.2) is 31.1 Å². The van der Waals surface area contributed by atoms with Gasteiger partial charge in [0.15, 0.2) is 5.78 Å². The van der Waals surface area contributed by atoms with Gasteiger partial charge in [0, 0.05) is 42.8 Å². The largest absolute Gasteiger partial charge is 0.381 e. The highest BCUT2D eigenvalue weighted by Gasteiger charge is 2.37. The molecule has 0 aliphatic carbocycles. The molecule has 1 aromatic carbocycles. The van der Waals surface area contributed by atoms with E-state index in [2.05, 4.69) is 41.2 Å². The monoisotopic (exact) mass is 397 g/mol. The Morgan fingerprint density at radius 3 is 2.71 bits per heavy atom. The molecule has 1 aliphatic rings. The maximum atomic E-state index is 12.2. The summed E-state index contributed by atoms with van der Waals surface area (Å²) in [5.74, 6) is 0.814. The standard InChI is InChI=1S/C19H28BrNO3/c1-14(2)6-9-24-13-16-12-17(4-5-18(16)20)21-19(15(3)22)7-10-23-11-8-19/h4-5,12,14,21H,6-11,13H2,1-3H3. The zero-order chi connectivity index (χ0) is 17.6. The van der Waals surface area contributed by atoms with Crippen molar-refractivity contribution in [1.29, 1.82) is 0 Å². The predicted octanol–water partition coefficient (Wildman–Crippen LogP) is 4.56. The molecule has 0 unspecified atom stereocenters. The first-order valence-electron chi connectivity index (χ1n) is 8.66. The van der Waals surface area contributed by atoms with Crippen molar-refractivity contribution in [1.82, 2.24) is 0 Å². The fraction of sp³-hybridized carbons (Fsp3) is 0.632. The van der Waals surface area contributed by atoms with Crippen LogP contribution in [0.25, 0.3) is 0 Å². The number of carbonyl (C=O) groups excluding carboxylic acids is 1. The second-order valence-electron chi connectivity index (χ2n) is 6.92.